The Balaban J connectivity index is 2.15. The molecule has 3 N–H and O–H groups in total. The molecule has 0 fully saturated rings. The maximum Gasteiger partial charge on any atom is 0.250 e. The minimum absolute atomic E-state index is 0.0188. The smallest absolute Gasteiger partial charge is 0.250 e. The van der Waals surface area contributed by atoms with Crippen LogP contribution < -0.4 is 11.1 Å². The fourth-order valence-electron chi connectivity index (χ4n) is 1.55. The molecule has 20 heavy (non-hydrogen) atoms. The number of benzene rings is 1. The molecule has 5 heteroatoms. The van der Waals surface area contributed by atoms with E-state index in [1.807, 2.05) is 19.1 Å². The third kappa shape index (κ3) is 6.54. The first-order valence-electron chi connectivity index (χ1n) is 6.95. The summed E-state index contributed by atoms with van der Waals surface area (Å²) >= 11 is 0. The van der Waals surface area contributed by atoms with Crippen molar-refractivity contribution in [1.29, 1.82) is 0 Å². The predicted octanol–water partition coefficient (Wildman–Crippen LogP) is 2.35. The van der Waals surface area contributed by atoms with Crippen LogP contribution in [0.25, 0.3) is 0 Å². The van der Waals surface area contributed by atoms with E-state index in [4.69, 9.17) is 15.2 Å². The van der Waals surface area contributed by atoms with Gasteiger partial charge < -0.3 is 20.5 Å². The Kier molecular flexibility index (Phi) is 7.69. The van der Waals surface area contributed by atoms with E-state index in [1.54, 1.807) is 6.07 Å². The van der Waals surface area contributed by atoms with Gasteiger partial charge in [0.05, 0.1) is 13.2 Å². The molecular weight excluding hydrogens is 256 g/mol. The average molecular weight is 280 g/mol. The minimum Gasteiger partial charge on any atom is -0.398 e. The largest absolute Gasteiger partial charge is 0.398 e. The van der Waals surface area contributed by atoms with Crippen molar-refractivity contribution in [2.45, 2.75) is 26.7 Å². The number of rotatable bonds is 9. The second-order valence-electron chi connectivity index (χ2n) is 4.64. The molecule has 0 radical (unpaired) electrons. The molecule has 0 saturated carbocycles. The first-order valence-corrected chi connectivity index (χ1v) is 6.95. The molecule has 0 unspecified atom stereocenters. The van der Waals surface area contributed by atoms with Crippen LogP contribution in [-0.2, 0) is 14.3 Å². The number of unbranched alkanes of at least 4 members (excludes halogenated alkanes) is 1. The van der Waals surface area contributed by atoms with Crippen molar-refractivity contribution >= 4 is 17.3 Å². The van der Waals surface area contributed by atoms with Gasteiger partial charge in [-0.3, -0.25) is 4.79 Å². The van der Waals surface area contributed by atoms with Gasteiger partial charge in [0, 0.05) is 18.0 Å². The number of amides is 1. The molecular formula is C15H24N2O3. The zero-order valence-corrected chi connectivity index (χ0v) is 12.3. The number of hydrogen-bond acceptors (Lipinski definition) is 4. The molecule has 0 aromatic heterocycles. The van der Waals surface area contributed by atoms with E-state index in [-0.39, 0.29) is 12.5 Å². The normalized spacial score (nSPS) is 10.5. The lowest BCUT2D eigenvalue weighted by molar-refractivity contribution is -0.121. The van der Waals surface area contributed by atoms with Crippen molar-refractivity contribution in [3.8, 4) is 0 Å². The Bertz CT molecular complexity index is 422. The first kappa shape index (κ1) is 16.5. The van der Waals surface area contributed by atoms with Gasteiger partial charge in [0.1, 0.15) is 6.61 Å². The van der Waals surface area contributed by atoms with Crippen molar-refractivity contribution in [3.05, 3.63) is 23.8 Å². The van der Waals surface area contributed by atoms with Gasteiger partial charge in [0.2, 0.25) is 5.91 Å². The lowest BCUT2D eigenvalue weighted by atomic mass is 10.2. The molecule has 0 aliphatic carbocycles. The van der Waals surface area contributed by atoms with E-state index in [1.165, 1.54) is 0 Å². The Labute approximate surface area is 120 Å². The lowest BCUT2D eigenvalue weighted by Crippen LogP contribution is -2.20. The Morgan fingerprint density at radius 1 is 1.25 bits per heavy atom. The Hall–Kier alpha value is -1.59. The maximum atomic E-state index is 11.6. The number of nitrogen functional groups attached to an aromatic ring is 1. The summed E-state index contributed by atoms with van der Waals surface area (Å²) in [7, 11) is 0. The number of carbonyl (C=O) groups is 1. The standard InChI is InChI=1S/C15H24N2O3/c1-3-4-7-19-8-9-20-11-15(18)17-13-6-5-12(2)14(16)10-13/h5-6,10H,3-4,7-9,11,16H2,1-2H3,(H,17,18). The van der Waals surface area contributed by atoms with Gasteiger partial charge in [-0.15, -0.1) is 0 Å². The minimum atomic E-state index is -0.193. The Morgan fingerprint density at radius 2 is 2.00 bits per heavy atom. The van der Waals surface area contributed by atoms with Gasteiger partial charge in [0.25, 0.3) is 0 Å². The molecule has 0 saturated heterocycles. The van der Waals surface area contributed by atoms with Crippen LogP contribution in [-0.4, -0.2) is 32.3 Å². The van der Waals surface area contributed by atoms with Crippen molar-refractivity contribution in [3.63, 3.8) is 0 Å². The summed E-state index contributed by atoms with van der Waals surface area (Å²) in [6.45, 7) is 5.74. The van der Waals surface area contributed by atoms with Crippen LogP contribution in [0, 0.1) is 6.92 Å². The highest BCUT2D eigenvalue weighted by atomic mass is 16.5. The van der Waals surface area contributed by atoms with Crippen LogP contribution in [0.2, 0.25) is 0 Å². The van der Waals surface area contributed by atoms with Crippen LogP contribution in [0.4, 0.5) is 11.4 Å². The monoisotopic (exact) mass is 280 g/mol. The third-order valence-electron chi connectivity index (χ3n) is 2.81. The van der Waals surface area contributed by atoms with Gasteiger partial charge >= 0.3 is 0 Å². The summed E-state index contributed by atoms with van der Waals surface area (Å²) in [5.41, 5.74) is 8.11. The van der Waals surface area contributed by atoms with Gasteiger partial charge in [0.15, 0.2) is 0 Å². The molecule has 0 atom stereocenters. The van der Waals surface area contributed by atoms with E-state index in [0.717, 1.165) is 25.0 Å². The second kappa shape index (κ2) is 9.34. The summed E-state index contributed by atoms with van der Waals surface area (Å²) in [6.07, 6.45) is 2.16. The van der Waals surface area contributed by atoms with Gasteiger partial charge in [-0.2, -0.15) is 0 Å². The van der Waals surface area contributed by atoms with Gasteiger partial charge in [-0.05, 0) is 31.0 Å². The fraction of sp³-hybridized carbons (Fsp3) is 0.533. The zero-order chi connectivity index (χ0) is 14.8. The van der Waals surface area contributed by atoms with E-state index in [2.05, 4.69) is 12.2 Å². The highest BCUT2D eigenvalue weighted by molar-refractivity contribution is 5.92. The van der Waals surface area contributed by atoms with E-state index < -0.39 is 0 Å². The number of anilines is 2. The third-order valence-corrected chi connectivity index (χ3v) is 2.81. The topological polar surface area (TPSA) is 73.6 Å². The van der Waals surface area contributed by atoms with Crippen molar-refractivity contribution in [2.75, 3.05) is 37.5 Å². The summed E-state index contributed by atoms with van der Waals surface area (Å²) in [6, 6.07) is 5.42. The summed E-state index contributed by atoms with van der Waals surface area (Å²) in [4.78, 5) is 11.6. The molecule has 0 aliphatic rings. The first-order chi connectivity index (χ1) is 9.63. The molecule has 1 rings (SSSR count). The number of hydrogen-bond donors (Lipinski definition) is 2. The predicted molar refractivity (Wildman–Crippen MR) is 80.8 cm³/mol. The second-order valence-corrected chi connectivity index (χ2v) is 4.64. The molecule has 5 nitrogen and oxygen atoms in total. The number of nitrogens with two attached hydrogens (primary N) is 1. The van der Waals surface area contributed by atoms with Crippen molar-refractivity contribution in [2.24, 2.45) is 0 Å². The average Bonchev–Trinajstić information content (AvgIpc) is 2.42. The van der Waals surface area contributed by atoms with Crippen LogP contribution >= 0.6 is 0 Å². The number of aryl methyl sites for hydroxylation is 1. The van der Waals surface area contributed by atoms with E-state index in [0.29, 0.717) is 24.6 Å². The number of ether oxygens (including phenoxy) is 2. The van der Waals surface area contributed by atoms with E-state index in [9.17, 15) is 4.79 Å². The van der Waals surface area contributed by atoms with Crippen LogP contribution in [0.15, 0.2) is 18.2 Å². The van der Waals surface area contributed by atoms with Crippen LogP contribution in [0.3, 0.4) is 0 Å². The van der Waals surface area contributed by atoms with E-state index >= 15 is 0 Å². The van der Waals surface area contributed by atoms with Crippen LogP contribution in [0.5, 0.6) is 0 Å². The molecule has 1 amide bonds. The maximum absolute atomic E-state index is 11.6. The van der Waals surface area contributed by atoms with Crippen LogP contribution in [0.1, 0.15) is 25.3 Å². The summed E-state index contributed by atoms with van der Waals surface area (Å²) in [5.74, 6) is -0.193. The van der Waals surface area contributed by atoms with Crippen molar-refractivity contribution < 1.29 is 14.3 Å². The fourth-order valence-corrected chi connectivity index (χ4v) is 1.55. The molecule has 0 spiro atoms. The quantitative estimate of drug-likeness (QED) is 0.538. The molecule has 0 aliphatic heterocycles. The SMILES string of the molecule is CCCCOCCOCC(=O)Nc1ccc(C)c(N)c1. The molecule has 1 aromatic carbocycles. The molecule has 0 bridgehead atoms. The zero-order valence-electron chi connectivity index (χ0n) is 12.3. The number of carbonyl (C=O) groups excluding carboxylic acids is 1. The van der Waals surface area contributed by atoms with Gasteiger partial charge in [-0.25, -0.2) is 0 Å². The summed E-state index contributed by atoms with van der Waals surface area (Å²) in [5, 5.41) is 2.74. The summed E-state index contributed by atoms with van der Waals surface area (Å²) < 4.78 is 10.6. The highest BCUT2D eigenvalue weighted by Crippen LogP contribution is 2.16. The molecule has 1 aromatic rings. The Morgan fingerprint density at radius 3 is 2.70 bits per heavy atom. The molecule has 0 heterocycles. The highest BCUT2D eigenvalue weighted by Gasteiger charge is 2.03. The lowest BCUT2D eigenvalue weighted by Gasteiger charge is -2.08. The van der Waals surface area contributed by atoms with Crippen molar-refractivity contribution in [1.82, 2.24) is 0 Å². The number of nitrogens with one attached hydrogen (secondary N) is 1. The van der Waals surface area contributed by atoms with Gasteiger partial charge in [-0.1, -0.05) is 19.4 Å². The molecule has 112 valence electrons.